The lowest BCUT2D eigenvalue weighted by molar-refractivity contribution is 0.386. The van der Waals surface area contributed by atoms with Gasteiger partial charge in [-0.05, 0) is 24.6 Å². The lowest BCUT2D eigenvalue weighted by atomic mass is 10.1. The van der Waals surface area contributed by atoms with Crippen LogP contribution in [0.15, 0.2) is 35.6 Å². The SMILES string of the molecule is Cc1ccc(Cl)cc1S(=O)(=O)N1CCc2ncncc2C1. The van der Waals surface area contributed by atoms with Crippen molar-refractivity contribution in [2.45, 2.75) is 24.8 Å². The molecule has 0 spiro atoms. The van der Waals surface area contributed by atoms with Gasteiger partial charge in [0, 0.05) is 42.0 Å². The summed E-state index contributed by atoms with van der Waals surface area (Å²) in [6, 6.07) is 4.91. The second-order valence-corrected chi connectivity index (χ2v) is 7.34. The zero-order valence-corrected chi connectivity index (χ0v) is 13.0. The van der Waals surface area contributed by atoms with Crippen LogP contribution in [0.3, 0.4) is 0 Å². The number of hydrogen-bond acceptors (Lipinski definition) is 4. The first-order chi connectivity index (χ1) is 9.98. The van der Waals surface area contributed by atoms with Crippen LogP contribution in [0.2, 0.25) is 5.02 Å². The van der Waals surface area contributed by atoms with Crippen molar-refractivity contribution in [2.24, 2.45) is 0 Å². The van der Waals surface area contributed by atoms with Gasteiger partial charge in [-0.2, -0.15) is 4.31 Å². The fraction of sp³-hybridized carbons (Fsp3) is 0.286. The summed E-state index contributed by atoms with van der Waals surface area (Å²) in [6.07, 6.45) is 3.76. The van der Waals surface area contributed by atoms with Gasteiger partial charge in [-0.15, -0.1) is 0 Å². The Morgan fingerprint density at radius 2 is 2.14 bits per heavy atom. The predicted octanol–water partition coefficient (Wildman–Crippen LogP) is 2.19. The number of sulfonamides is 1. The second-order valence-electron chi connectivity index (χ2n) is 4.99. The lowest BCUT2D eigenvalue weighted by Crippen LogP contribution is -2.36. The highest BCUT2D eigenvalue weighted by molar-refractivity contribution is 7.89. The van der Waals surface area contributed by atoms with Gasteiger partial charge in [0.05, 0.1) is 4.90 Å². The molecule has 0 saturated carbocycles. The summed E-state index contributed by atoms with van der Waals surface area (Å²) in [5, 5.41) is 0.417. The van der Waals surface area contributed by atoms with E-state index in [0.717, 1.165) is 11.3 Å². The molecule has 1 aliphatic rings. The number of fused-ring (bicyclic) bond motifs is 1. The van der Waals surface area contributed by atoms with Crippen LogP contribution in [0.4, 0.5) is 0 Å². The molecular formula is C14H14ClN3O2S. The second kappa shape index (κ2) is 5.36. The van der Waals surface area contributed by atoms with Crippen LogP contribution in [0.5, 0.6) is 0 Å². The summed E-state index contributed by atoms with van der Waals surface area (Å²) < 4.78 is 27.0. The highest BCUT2D eigenvalue weighted by Crippen LogP contribution is 2.27. The fourth-order valence-corrected chi connectivity index (χ4v) is 4.34. The average molecular weight is 324 g/mol. The van der Waals surface area contributed by atoms with E-state index in [9.17, 15) is 8.42 Å². The molecule has 5 nitrogen and oxygen atoms in total. The number of hydrogen-bond donors (Lipinski definition) is 0. The summed E-state index contributed by atoms with van der Waals surface area (Å²) in [5.74, 6) is 0. The van der Waals surface area contributed by atoms with Crippen molar-refractivity contribution in [1.82, 2.24) is 14.3 Å². The maximum Gasteiger partial charge on any atom is 0.243 e. The third kappa shape index (κ3) is 2.66. The Balaban J connectivity index is 1.99. The molecule has 2 heterocycles. The van der Waals surface area contributed by atoms with Crippen LogP contribution in [0, 0.1) is 6.92 Å². The third-order valence-corrected chi connectivity index (χ3v) is 5.82. The van der Waals surface area contributed by atoms with Crippen LogP contribution in [0.1, 0.15) is 16.8 Å². The van der Waals surface area contributed by atoms with Crippen molar-refractivity contribution >= 4 is 21.6 Å². The van der Waals surface area contributed by atoms with E-state index in [4.69, 9.17) is 11.6 Å². The van der Waals surface area contributed by atoms with Crippen molar-refractivity contribution < 1.29 is 8.42 Å². The van der Waals surface area contributed by atoms with Gasteiger partial charge in [-0.25, -0.2) is 18.4 Å². The standard InChI is InChI=1S/C14H14ClN3O2S/c1-10-2-3-12(15)6-14(10)21(19,20)18-5-4-13-11(8-18)7-16-9-17-13/h2-3,6-7,9H,4-5,8H2,1H3. The molecule has 21 heavy (non-hydrogen) atoms. The molecule has 7 heteroatoms. The Bertz CT molecular complexity index is 793. The van der Waals surface area contributed by atoms with Crippen LogP contribution < -0.4 is 0 Å². The molecule has 1 aliphatic heterocycles. The Labute approximate surface area is 128 Å². The first kappa shape index (κ1) is 14.4. The van der Waals surface area contributed by atoms with E-state index < -0.39 is 10.0 Å². The first-order valence-electron chi connectivity index (χ1n) is 6.52. The molecule has 0 aliphatic carbocycles. The molecule has 110 valence electrons. The Kier molecular flexibility index (Phi) is 3.69. The molecule has 2 aromatic rings. The maximum absolute atomic E-state index is 12.8. The van der Waals surface area contributed by atoms with Gasteiger partial charge < -0.3 is 0 Å². The Hall–Kier alpha value is -1.50. The topological polar surface area (TPSA) is 63.2 Å². The number of halogens is 1. The zero-order chi connectivity index (χ0) is 15.0. The van der Waals surface area contributed by atoms with Crippen molar-refractivity contribution in [2.75, 3.05) is 6.54 Å². The molecule has 1 aromatic carbocycles. The number of aryl methyl sites for hydroxylation is 1. The molecule has 0 unspecified atom stereocenters. The summed E-state index contributed by atoms with van der Waals surface area (Å²) in [6.45, 7) is 2.48. The average Bonchev–Trinajstić information content (AvgIpc) is 2.49. The molecule has 0 bridgehead atoms. The Morgan fingerprint density at radius 1 is 1.33 bits per heavy atom. The van der Waals surface area contributed by atoms with Gasteiger partial charge in [-0.1, -0.05) is 17.7 Å². The third-order valence-electron chi connectivity index (χ3n) is 3.59. The van der Waals surface area contributed by atoms with Crippen LogP contribution in [-0.2, 0) is 23.0 Å². The largest absolute Gasteiger partial charge is 0.244 e. The van der Waals surface area contributed by atoms with Crippen molar-refractivity contribution in [3.8, 4) is 0 Å². The lowest BCUT2D eigenvalue weighted by Gasteiger charge is -2.27. The van der Waals surface area contributed by atoms with Gasteiger partial charge in [0.1, 0.15) is 6.33 Å². The fourth-order valence-electron chi connectivity index (χ4n) is 2.44. The van der Waals surface area contributed by atoms with E-state index >= 15 is 0 Å². The van der Waals surface area contributed by atoms with Crippen molar-refractivity contribution in [3.63, 3.8) is 0 Å². The first-order valence-corrected chi connectivity index (χ1v) is 8.34. The van der Waals surface area contributed by atoms with Crippen LogP contribution >= 0.6 is 11.6 Å². The van der Waals surface area contributed by atoms with E-state index in [2.05, 4.69) is 9.97 Å². The molecule has 0 saturated heterocycles. The smallest absolute Gasteiger partial charge is 0.243 e. The van der Waals surface area contributed by atoms with E-state index in [1.54, 1.807) is 25.3 Å². The van der Waals surface area contributed by atoms with Crippen LogP contribution in [-0.4, -0.2) is 29.2 Å². The molecule has 0 atom stereocenters. The van der Waals surface area contributed by atoms with E-state index in [-0.39, 0.29) is 4.90 Å². The molecular weight excluding hydrogens is 310 g/mol. The predicted molar refractivity (Wildman–Crippen MR) is 79.5 cm³/mol. The quantitative estimate of drug-likeness (QED) is 0.850. The van der Waals surface area contributed by atoms with Gasteiger partial charge in [0.25, 0.3) is 0 Å². The normalized spacial score (nSPS) is 15.7. The number of aromatic nitrogens is 2. The van der Waals surface area contributed by atoms with Gasteiger partial charge in [0.2, 0.25) is 10.0 Å². The van der Waals surface area contributed by atoms with Crippen molar-refractivity contribution in [1.29, 1.82) is 0 Å². The summed E-state index contributed by atoms with van der Waals surface area (Å²) in [5.41, 5.74) is 2.46. The summed E-state index contributed by atoms with van der Waals surface area (Å²) in [7, 11) is -3.56. The van der Waals surface area contributed by atoms with Gasteiger partial charge in [-0.3, -0.25) is 0 Å². The zero-order valence-electron chi connectivity index (χ0n) is 11.5. The summed E-state index contributed by atoms with van der Waals surface area (Å²) >= 11 is 5.94. The minimum atomic E-state index is -3.56. The summed E-state index contributed by atoms with van der Waals surface area (Å²) in [4.78, 5) is 8.41. The number of benzene rings is 1. The molecule has 0 amide bonds. The highest BCUT2D eigenvalue weighted by atomic mass is 35.5. The Morgan fingerprint density at radius 3 is 2.95 bits per heavy atom. The van der Waals surface area contributed by atoms with E-state index in [0.29, 0.717) is 30.1 Å². The van der Waals surface area contributed by atoms with Crippen LogP contribution in [0.25, 0.3) is 0 Å². The molecule has 0 N–H and O–H groups in total. The molecule has 3 rings (SSSR count). The number of nitrogens with zero attached hydrogens (tertiary/aromatic N) is 3. The van der Waals surface area contributed by atoms with E-state index in [1.807, 2.05) is 0 Å². The minimum Gasteiger partial charge on any atom is -0.244 e. The molecule has 0 fully saturated rings. The van der Waals surface area contributed by atoms with Crippen molar-refractivity contribution in [3.05, 3.63) is 52.6 Å². The monoisotopic (exact) mass is 323 g/mol. The molecule has 0 radical (unpaired) electrons. The van der Waals surface area contributed by atoms with E-state index in [1.165, 1.54) is 16.7 Å². The number of rotatable bonds is 2. The maximum atomic E-state index is 12.8. The van der Waals surface area contributed by atoms with Gasteiger partial charge in [0.15, 0.2) is 0 Å². The van der Waals surface area contributed by atoms with Gasteiger partial charge >= 0.3 is 0 Å². The highest BCUT2D eigenvalue weighted by Gasteiger charge is 2.30. The molecule has 1 aromatic heterocycles. The minimum absolute atomic E-state index is 0.260.